The first kappa shape index (κ1) is 18.9. The molecule has 0 aliphatic heterocycles. The minimum Gasteiger partial charge on any atom is -0.319 e. The van der Waals surface area contributed by atoms with Crippen molar-refractivity contribution in [1.82, 2.24) is 18.7 Å². The third kappa shape index (κ3) is 2.90. The molecule has 2 aromatic heterocycles. The van der Waals surface area contributed by atoms with Gasteiger partial charge in [-0.3, -0.25) is 18.7 Å². The van der Waals surface area contributed by atoms with Gasteiger partial charge in [-0.05, 0) is 41.8 Å². The van der Waals surface area contributed by atoms with Crippen molar-refractivity contribution in [3.8, 4) is 0 Å². The van der Waals surface area contributed by atoms with E-state index < -0.39 is 11.2 Å². The van der Waals surface area contributed by atoms with Crippen LogP contribution in [0.15, 0.2) is 46.0 Å². The van der Waals surface area contributed by atoms with Crippen LogP contribution in [0, 0.1) is 6.92 Å². The number of aromatic nitrogens is 4. The number of fused-ring (bicyclic) bond motifs is 2. The monoisotopic (exact) mass is 390 g/mol. The van der Waals surface area contributed by atoms with Crippen molar-refractivity contribution in [2.75, 3.05) is 0 Å². The predicted octanol–water partition coefficient (Wildman–Crippen LogP) is 2.63. The molecule has 4 aromatic rings. The molecular weight excluding hydrogens is 368 g/mol. The highest BCUT2D eigenvalue weighted by Gasteiger charge is 2.21. The standard InChI is InChI=1S/C22H22N4O3/c1-5-25-20-18(24(4)19(23-20)14(3)27)21(28)26(22(25)29)12-15-9-10-17-13(2)7-6-8-16(17)11-15/h6-11H,5,12H2,1-4H3. The molecule has 4 rings (SSSR count). The van der Waals surface area contributed by atoms with E-state index in [1.165, 1.54) is 26.2 Å². The Balaban J connectivity index is 1.94. The fourth-order valence-corrected chi connectivity index (χ4v) is 3.88. The summed E-state index contributed by atoms with van der Waals surface area (Å²) in [5.41, 5.74) is 1.67. The molecule has 0 amide bonds. The van der Waals surface area contributed by atoms with Crippen LogP contribution in [0.2, 0.25) is 0 Å². The maximum absolute atomic E-state index is 13.2. The maximum atomic E-state index is 13.2. The van der Waals surface area contributed by atoms with Gasteiger partial charge in [0.1, 0.15) is 0 Å². The van der Waals surface area contributed by atoms with Crippen LogP contribution in [0.1, 0.15) is 35.6 Å². The van der Waals surface area contributed by atoms with Crippen molar-refractivity contribution in [3.63, 3.8) is 0 Å². The Hall–Kier alpha value is -3.48. The smallest absolute Gasteiger partial charge is 0.319 e. The number of hydrogen-bond donors (Lipinski definition) is 0. The Kier molecular flexibility index (Phi) is 4.45. The summed E-state index contributed by atoms with van der Waals surface area (Å²) in [7, 11) is 1.63. The van der Waals surface area contributed by atoms with E-state index in [0.717, 1.165) is 16.3 Å². The first-order valence-electron chi connectivity index (χ1n) is 9.52. The normalized spacial score (nSPS) is 11.4. The summed E-state index contributed by atoms with van der Waals surface area (Å²) in [5.74, 6) is -0.0905. The zero-order valence-corrected chi connectivity index (χ0v) is 16.9. The van der Waals surface area contributed by atoms with Gasteiger partial charge in [-0.1, -0.05) is 30.3 Å². The molecule has 0 N–H and O–H groups in total. The Morgan fingerprint density at radius 1 is 1.10 bits per heavy atom. The van der Waals surface area contributed by atoms with Gasteiger partial charge >= 0.3 is 5.69 Å². The zero-order chi connectivity index (χ0) is 20.9. The number of carbonyl (C=O) groups is 1. The molecule has 2 heterocycles. The highest BCUT2D eigenvalue weighted by Crippen LogP contribution is 2.20. The molecule has 0 saturated carbocycles. The first-order valence-corrected chi connectivity index (χ1v) is 9.52. The number of nitrogens with zero attached hydrogens (tertiary/aromatic N) is 4. The molecule has 0 saturated heterocycles. The first-order chi connectivity index (χ1) is 13.8. The van der Waals surface area contributed by atoms with Crippen molar-refractivity contribution in [2.45, 2.75) is 33.9 Å². The minimum atomic E-state index is -0.443. The number of aryl methyl sites for hydroxylation is 3. The van der Waals surface area contributed by atoms with Gasteiger partial charge in [-0.2, -0.15) is 0 Å². The van der Waals surface area contributed by atoms with E-state index in [4.69, 9.17) is 0 Å². The van der Waals surface area contributed by atoms with Crippen molar-refractivity contribution in [2.24, 2.45) is 7.05 Å². The second kappa shape index (κ2) is 6.84. The van der Waals surface area contributed by atoms with E-state index in [0.29, 0.717) is 6.54 Å². The minimum absolute atomic E-state index is 0.151. The van der Waals surface area contributed by atoms with Crippen molar-refractivity contribution in [1.29, 1.82) is 0 Å². The third-order valence-electron chi connectivity index (χ3n) is 5.38. The molecule has 0 bridgehead atoms. The van der Waals surface area contributed by atoms with Crippen LogP contribution >= 0.6 is 0 Å². The third-order valence-corrected chi connectivity index (χ3v) is 5.38. The molecule has 0 spiro atoms. The summed E-state index contributed by atoms with van der Waals surface area (Å²) in [6.45, 7) is 5.76. The van der Waals surface area contributed by atoms with Gasteiger partial charge in [0.2, 0.25) is 0 Å². The average Bonchev–Trinajstić information content (AvgIpc) is 3.03. The van der Waals surface area contributed by atoms with E-state index in [2.05, 4.69) is 18.0 Å². The molecule has 148 valence electrons. The molecule has 7 heteroatoms. The summed E-state index contributed by atoms with van der Waals surface area (Å²) >= 11 is 0. The Bertz CT molecular complexity index is 1410. The molecule has 0 aliphatic carbocycles. The van der Waals surface area contributed by atoms with Gasteiger partial charge in [0, 0.05) is 20.5 Å². The van der Waals surface area contributed by atoms with Crippen LogP contribution in [-0.4, -0.2) is 24.5 Å². The number of rotatable bonds is 4. The molecule has 0 unspecified atom stereocenters. The van der Waals surface area contributed by atoms with Gasteiger partial charge in [-0.15, -0.1) is 0 Å². The van der Waals surface area contributed by atoms with Gasteiger partial charge in [0.25, 0.3) is 5.56 Å². The number of benzene rings is 2. The number of carbonyl (C=O) groups excluding carboxylic acids is 1. The number of Topliss-reactive ketones (excluding diaryl/α,β-unsaturated/α-hetero) is 1. The maximum Gasteiger partial charge on any atom is 0.333 e. The lowest BCUT2D eigenvalue weighted by Gasteiger charge is -2.11. The van der Waals surface area contributed by atoms with E-state index in [-0.39, 0.29) is 29.3 Å². The molecule has 29 heavy (non-hydrogen) atoms. The molecule has 0 atom stereocenters. The molecule has 2 aromatic carbocycles. The van der Waals surface area contributed by atoms with Crippen LogP contribution in [0.3, 0.4) is 0 Å². The lowest BCUT2D eigenvalue weighted by molar-refractivity contribution is 0.100. The number of hydrogen-bond acceptors (Lipinski definition) is 4. The second-order valence-corrected chi connectivity index (χ2v) is 7.27. The lowest BCUT2D eigenvalue weighted by atomic mass is 10.0. The quantitative estimate of drug-likeness (QED) is 0.502. The Labute approximate surface area is 166 Å². The topological polar surface area (TPSA) is 78.9 Å². The van der Waals surface area contributed by atoms with Crippen LogP contribution in [0.25, 0.3) is 21.9 Å². The number of ketones is 1. The fraction of sp³-hybridized carbons (Fsp3) is 0.273. The van der Waals surface area contributed by atoms with Crippen LogP contribution in [0.4, 0.5) is 0 Å². The van der Waals surface area contributed by atoms with Crippen LogP contribution in [-0.2, 0) is 20.1 Å². The fourth-order valence-electron chi connectivity index (χ4n) is 3.88. The molecule has 7 nitrogen and oxygen atoms in total. The zero-order valence-electron chi connectivity index (χ0n) is 16.9. The summed E-state index contributed by atoms with van der Waals surface area (Å²) in [4.78, 5) is 42.4. The summed E-state index contributed by atoms with van der Waals surface area (Å²) < 4.78 is 4.13. The summed E-state index contributed by atoms with van der Waals surface area (Å²) in [6, 6.07) is 12.0. The summed E-state index contributed by atoms with van der Waals surface area (Å²) in [5, 5.41) is 2.20. The lowest BCUT2D eigenvalue weighted by Crippen LogP contribution is -2.40. The van der Waals surface area contributed by atoms with Gasteiger partial charge in [0.05, 0.1) is 6.54 Å². The van der Waals surface area contributed by atoms with Gasteiger partial charge in [0.15, 0.2) is 22.8 Å². The highest BCUT2D eigenvalue weighted by atomic mass is 16.2. The highest BCUT2D eigenvalue weighted by molar-refractivity contribution is 5.94. The van der Waals surface area contributed by atoms with Gasteiger partial charge < -0.3 is 4.57 Å². The van der Waals surface area contributed by atoms with Crippen LogP contribution < -0.4 is 11.2 Å². The molecular formula is C22H22N4O3. The average molecular weight is 390 g/mol. The summed E-state index contributed by atoms with van der Waals surface area (Å²) in [6.07, 6.45) is 0. The van der Waals surface area contributed by atoms with E-state index >= 15 is 0 Å². The Morgan fingerprint density at radius 3 is 2.55 bits per heavy atom. The molecule has 0 aliphatic rings. The van der Waals surface area contributed by atoms with Crippen LogP contribution in [0.5, 0.6) is 0 Å². The van der Waals surface area contributed by atoms with Crippen molar-refractivity contribution in [3.05, 3.63) is 74.2 Å². The molecule has 0 radical (unpaired) electrons. The van der Waals surface area contributed by atoms with E-state index in [1.54, 1.807) is 7.05 Å². The predicted molar refractivity (Wildman–Crippen MR) is 113 cm³/mol. The van der Waals surface area contributed by atoms with Crippen molar-refractivity contribution < 1.29 is 4.79 Å². The van der Waals surface area contributed by atoms with Gasteiger partial charge in [-0.25, -0.2) is 9.78 Å². The van der Waals surface area contributed by atoms with E-state index in [9.17, 15) is 14.4 Å². The van der Waals surface area contributed by atoms with E-state index in [1.807, 2.05) is 37.3 Å². The van der Waals surface area contributed by atoms with Crippen molar-refractivity contribution >= 4 is 27.7 Å². The Morgan fingerprint density at radius 2 is 1.86 bits per heavy atom. The second-order valence-electron chi connectivity index (χ2n) is 7.27. The molecule has 0 fully saturated rings. The largest absolute Gasteiger partial charge is 0.333 e. The SMILES string of the molecule is CCn1c(=O)n(Cc2ccc3c(C)cccc3c2)c(=O)c2c1nc(C(C)=O)n2C. The number of imidazole rings is 1.